The maximum atomic E-state index is 13.7. The Labute approximate surface area is 170 Å². The quantitative estimate of drug-likeness (QED) is 0.450. The van der Waals surface area contributed by atoms with Gasteiger partial charge < -0.3 is 14.2 Å². The SMILES string of the molecule is CN1c2ccccc2C(=C(Oc2cc(F)cc(F)c2)OP(=O)(O)O)c2ccccc21. The molecular weight excluding hydrogens is 415 g/mol. The molecule has 4 rings (SSSR count). The van der Waals surface area contributed by atoms with Gasteiger partial charge in [0.05, 0.1) is 5.57 Å². The van der Waals surface area contributed by atoms with Gasteiger partial charge in [-0.15, -0.1) is 0 Å². The molecule has 9 heteroatoms. The fourth-order valence-electron chi connectivity index (χ4n) is 3.37. The highest BCUT2D eigenvalue weighted by molar-refractivity contribution is 7.46. The van der Waals surface area contributed by atoms with Crippen molar-refractivity contribution in [1.29, 1.82) is 0 Å². The molecule has 2 N–H and O–H groups in total. The third-order valence-electron chi connectivity index (χ3n) is 4.52. The van der Waals surface area contributed by atoms with Crippen molar-refractivity contribution in [2.75, 3.05) is 11.9 Å². The Bertz CT molecular complexity index is 1140. The predicted molar refractivity (Wildman–Crippen MR) is 107 cm³/mol. The van der Waals surface area contributed by atoms with Crippen LogP contribution in [0.5, 0.6) is 5.75 Å². The first kappa shape index (κ1) is 20.1. The maximum absolute atomic E-state index is 13.7. The molecule has 0 spiro atoms. The summed E-state index contributed by atoms with van der Waals surface area (Å²) < 4.78 is 49.4. The summed E-state index contributed by atoms with van der Waals surface area (Å²) in [5, 5.41) is 0. The number of anilines is 2. The van der Waals surface area contributed by atoms with Crippen molar-refractivity contribution in [1.82, 2.24) is 0 Å². The van der Waals surface area contributed by atoms with E-state index < -0.39 is 25.4 Å². The van der Waals surface area contributed by atoms with Crippen molar-refractivity contribution in [3.63, 3.8) is 0 Å². The Morgan fingerprint density at radius 1 is 0.900 bits per heavy atom. The third-order valence-corrected chi connectivity index (χ3v) is 4.93. The van der Waals surface area contributed by atoms with Gasteiger partial charge in [-0.2, -0.15) is 0 Å². The highest BCUT2D eigenvalue weighted by atomic mass is 31.2. The maximum Gasteiger partial charge on any atom is 0.527 e. The van der Waals surface area contributed by atoms with Crippen LogP contribution < -0.4 is 9.64 Å². The first-order valence-electron chi connectivity index (χ1n) is 8.79. The first-order valence-corrected chi connectivity index (χ1v) is 10.3. The molecule has 0 amide bonds. The molecule has 3 aromatic rings. The van der Waals surface area contributed by atoms with E-state index in [1.807, 2.05) is 36.2 Å². The van der Waals surface area contributed by atoms with Crippen LogP contribution in [0.1, 0.15) is 11.1 Å². The van der Waals surface area contributed by atoms with E-state index in [1.165, 1.54) is 0 Å². The average molecular weight is 431 g/mol. The van der Waals surface area contributed by atoms with E-state index in [2.05, 4.69) is 0 Å². The van der Waals surface area contributed by atoms with Crippen LogP contribution in [-0.4, -0.2) is 16.8 Å². The molecule has 0 atom stereocenters. The molecule has 1 aliphatic heterocycles. The molecule has 6 nitrogen and oxygen atoms in total. The molecule has 30 heavy (non-hydrogen) atoms. The fourth-order valence-corrected chi connectivity index (χ4v) is 3.71. The highest BCUT2D eigenvalue weighted by Gasteiger charge is 2.31. The summed E-state index contributed by atoms with van der Waals surface area (Å²) >= 11 is 0. The lowest BCUT2D eigenvalue weighted by atomic mass is 9.91. The van der Waals surface area contributed by atoms with E-state index in [-0.39, 0.29) is 11.3 Å². The van der Waals surface area contributed by atoms with Crippen molar-refractivity contribution in [2.24, 2.45) is 0 Å². The molecule has 0 saturated carbocycles. The molecule has 3 aromatic carbocycles. The molecule has 0 aromatic heterocycles. The summed E-state index contributed by atoms with van der Waals surface area (Å²) in [6.07, 6.45) is 0. The Balaban J connectivity index is 1.99. The molecule has 154 valence electrons. The molecule has 1 heterocycles. The van der Waals surface area contributed by atoms with Gasteiger partial charge in [-0.3, -0.25) is 9.79 Å². The summed E-state index contributed by atoms with van der Waals surface area (Å²) in [6, 6.07) is 16.7. The standard InChI is InChI=1S/C21H16F2NO5P/c1-24-18-8-4-2-6-16(18)20(17-7-3-5-9-19(17)24)21(29-30(25,26)27)28-15-11-13(22)10-14(23)12-15/h2-12H,1H3,(H2,25,26,27). The van der Waals surface area contributed by atoms with Gasteiger partial charge in [0.25, 0.3) is 0 Å². The van der Waals surface area contributed by atoms with Gasteiger partial charge in [0.2, 0.25) is 0 Å². The number of ether oxygens (including phenoxy) is 1. The van der Waals surface area contributed by atoms with Crippen LogP contribution in [0.15, 0.2) is 72.7 Å². The number of hydrogen-bond acceptors (Lipinski definition) is 4. The number of nitrogens with zero attached hydrogens (tertiary/aromatic N) is 1. The minimum absolute atomic E-state index is 0.243. The number of halogens is 2. The number of benzene rings is 3. The van der Waals surface area contributed by atoms with Crippen molar-refractivity contribution >= 4 is 24.8 Å². The second-order valence-electron chi connectivity index (χ2n) is 6.54. The van der Waals surface area contributed by atoms with E-state index in [9.17, 15) is 23.1 Å². The van der Waals surface area contributed by atoms with E-state index in [1.54, 1.807) is 24.3 Å². The molecular formula is C21H16F2NO5P. The van der Waals surface area contributed by atoms with Gasteiger partial charge in [-0.25, -0.2) is 13.3 Å². The smallest absolute Gasteiger partial charge is 0.425 e. The second-order valence-corrected chi connectivity index (χ2v) is 7.71. The zero-order valence-electron chi connectivity index (χ0n) is 15.6. The molecule has 1 aliphatic rings. The van der Waals surface area contributed by atoms with Crippen molar-refractivity contribution in [3.8, 4) is 5.75 Å². The van der Waals surface area contributed by atoms with Gasteiger partial charge >= 0.3 is 13.8 Å². The molecule has 0 saturated heterocycles. The lowest BCUT2D eigenvalue weighted by Crippen LogP contribution is -2.19. The fraction of sp³-hybridized carbons (Fsp3) is 0.0476. The van der Waals surface area contributed by atoms with Crippen LogP contribution in [-0.2, 0) is 9.09 Å². The summed E-state index contributed by atoms with van der Waals surface area (Å²) in [4.78, 5) is 20.8. The number of para-hydroxylation sites is 2. The molecule has 0 unspecified atom stereocenters. The molecule has 0 bridgehead atoms. The van der Waals surface area contributed by atoms with E-state index >= 15 is 0 Å². The van der Waals surface area contributed by atoms with Crippen molar-refractivity contribution < 1.29 is 32.4 Å². The number of fused-ring (bicyclic) bond motifs is 2. The Kier molecular flexibility index (Phi) is 5.07. The van der Waals surface area contributed by atoms with Gasteiger partial charge in [-0.1, -0.05) is 36.4 Å². The largest absolute Gasteiger partial charge is 0.527 e. The lowest BCUT2D eigenvalue weighted by molar-refractivity contribution is 0.167. The predicted octanol–water partition coefficient (Wildman–Crippen LogP) is 4.95. The van der Waals surface area contributed by atoms with Crippen LogP contribution in [0.4, 0.5) is 20.2 Å². The number of phosphoric acid groups is 1. The number of rotatable bonds is 4. The van der Waals surface area contributed by atoms with E-state index in [0.717, 1.165) is 23.5 Å². The van der Waals surface area contributed by atoms with Gasteiger partial charge in [0.1, 0.15) is 17.4 Å². The monoisotopic (exact) mass is 431 g/mol. The lowest BCUT2D eigenvalue weighted by Gasteiger charge is -2.32. The average Bonchev–Trinajstić information content (AvgIpc) is 2.66. The van der Waals surface area contributed by atoms with Crippen LogP contribution in [0.2, 0.25) is 0 Å². The molecule has 0 radical (unpaired) electrons. The normalized spacial score (nSPS) is 12.8. The van der Waals surface area contributed by atoms with E-state index in [0.29, 0.717) is 17.2 Å². The van der Waals surface area contributed by atoms with Crippen LogP contribution in [0.3, 0.4) is 0 Å². The van der Waals surface area contributed by atoms with E-state index in [4.69, 9.17) is 9.26 Å². The Hall–Kier alpha value is -3.19. The molecule has 0 fully saturated rings. The van der Waals surface area contributed by atoms with Crippen LogP contribution in [0.25, 0.3) is 5.57 Å². The third kappa shape index (κ3) is 3.93. The summed E-state index contributed by atoms with van der Waals surface area (Å²) in [5.41, 5.74) is 2.84. The van der Waals surface area contributed by atoms with Gasteiger partial charge in [-0.05, 0) is 12.1 Å². The Morgan fingerprint density at radius 2 is 1.40 bits per heavy atom. The zero-order chi connectivity index (χ0) is 21.5. The number of phosphoric ester groups is 1. The van der Waals surface area contributed by atoms with Gasteiger partial charge in [0.15, 0.2) is 0 Å². The van der Waals surface area contributed by atoms with Crippen molar-refractivity contribution in [3.05, 3.63) is 95.4 Å². The highest BCUT2D eigenvalue weighted by Crippen LogP contribution is 2.49. The van der Waals surface area contributed by atoms with Crippen LogP contribution in [0, 0.1) is 11.6 Å². The summed E-state index contributed by atoms with van der Waals surface area (Å²) in [6.45, 7) is 0. The minimum Gasteiger partial charge on any atom is -0.425 e. The minimum atomic E-state index is -5.07. The van der Waals surface area contributed by atoms with Crippen LogP contribution >= 0.6 is 7.82 Å². The number of hydrogen-bond donors (Lipinski definition) is 2. The summed E-state index contributed by atoms with van der Waals surface area (Å²) in [7, 11) is -3.22. The summed E-state index contributed by atoms with van der Waals surface area (Å²) in [5.74, 6) is -2.69. The Morgan fingerprint density at radius 3 is 1.90 bits per heavy atom. The van der Waals surface area contributed by atoms with Gasteiger partial charge in [0, 0.05) is 47.7 Å². The first-order chi connectivity index (χ1) is 14.2. The zero-order valence-corrected chi connectivity index (χ0v) is 16.5. The topological polar surface area (TPSA) is 79.2 Å². The van der Waals surface area contributed by atoms with Crippen molar-refractivity contribution in [2.45, 2.75) is 0 Å². The second kappa shape index (κ2) is 7.57. The molecule has 0 aliphatic carbocycles.